The number of rotatable bonds is 5. The summed E-state index contributed by atoms with van der Waals surface area (Å²) in [6.07, 6.45) is 0.209. The van der Waals surface area contributed by atoms with Crippen LogP contribution >= 0.6 is 7.92 Å². The fraction of sp³-hybridized carbons (Fsp3) is 0.667. The summed E-state index contributed by atoms with van der Waals surface area (Å²) in [5.74, 6) is 1.46. The van der Waals surface area contributed by atoms with Gasteiger partial charge in [0.15, 0.2) is 0 Å². The highest BCUT2D eigenvalue weighted by atomic mass is 31.1. The van der Waals surface area contributed by atoms with Crippen molar-refractivity contribution in [2.45, 2.75) is 58.0 Å². The molecule has 1 aromatic carbocycles. The van der Waals surface area contributed by atoms with Crippen molar-refractivity contribution in [2.24, 2.45) is 0 Å². The van der Waals surface area contributed by atoms with Gasteiger partial charge in [-0.2, -0.15) is 0 Å². The van der Waals surface area contributed by atoms with E-state index in [1.54, 1.807) is 14.2 Å². The Bertz CT molecular complexity index is 472. The van der Waals surface area contributed by atoms with E-state index in [0.717, 1.165) is 17.5 Å². The second-order valence-electron chi connectivity index (χ2n) is 7.58. The number of methoxy groups -OCH3 is 2. The average Bonchev–Trinajstić information content (AvgIpc) is 2.41. The first-order chi connectivity index (χ1) is 10.0. The molecule has 3 nitrogen and oxygen atoms in total. The molecule has 0 aliphatic carbocycles. The molecule has 126 valence electrons. The third-order valence-electron chi connectivity index (χ3n) is 3.77. The minimum Gasteiger partial charge on any atom is -0.497 e. The van der Waals surface area contributed by atoms with Crippen molar-refractivity contribution in [3.63, 3.8) is 0 Å². The molecule has 0 heterocycles. The van der Waals surface area contributed by atoms with Crippen LogP contribution < -0.4 is 9.47 Å². The van der Waals surface area contributed by atoms with Crippen molar-refractivity contribution in [1.82, 2.24) is 0 Å². The number of aliphatic hydroxyl groups excluding tert-OH is 1. The van der Waals surface area contributed by atoms with E-state index in [9.17, 15) is 5.11 Å². The molecule has 0 aliphatic rings. The maximum absolute atomic E-state index is 10.8. The average molecular weight is 326 g/mol. The van der Waals surface area contributed by atoms with Gasteiger partial charge in [0.25, 0.3) is 0 Å². The van der Waals surface area contributed by atoms with Crippen molar-refractivity contribution >= 4 is 7.92 Å². The van der Waals surface area contributed by atoms with Gasteiger partial charge in [0.2, 0.25) is 0 Å². The van der Waals surface area contributed by atoms with E-state index in [0.29, 0.717) is 5.75 Å². The summed E-state index contributed by atoms with van der Waals surface area (Å²) >= 11 is 0. The molecule has 1 atom stereocenters. The van der Waals surface area contributed by atoms with E-state index in [-0.39, 0.29) is 18.2 Å². The molecular weight excluding hydrogens is 295 g/mol. The molecule has 0 aromatic heterocycles. The first kappa shape index (κ1) is 19.3. The third kappa shape index (κ3) is 4.86. The van der Waals surface area contributed by atoms with Gasteiger partial charge in [0.05, 0.1) is 20.3 Å². The monoisotopic (exact) mass is 326 g/mol. The molecule has 1 N–H and O–H groups in total. The van der Waals surface area contributed by atoms with Crippen LogP contribution in [-0.4, -0.2) is 35.8 Å². The molecule has 4 heteroatoms. The lowest BCUT2D eigenvalue weighted by Crippen LogP contribution is -2.28. The van der Waals surface area contributed by atoms with Crippen LogP contribution in [0.4, 0.5) is 0 Å². The lowest BCUT2D eigenvalue weighted by Gasteiger charge is -2.42. The maximum Gasteiger partial charge on any atom is 0.124 e. The zero-order chi connectivity index (χ0) is 17.1. The summed E-state index contributed by atoms with van der Waals surface area (Å²) in [5, 5.41) is 11.2. The van der Waals surface area contributed by atoms with Crippen LogP contribution in [0.2, 0.25) is 0 Å². The standard InChI is InChI=1S/C18H31O3P/c1-17(2,3)22(18(4,5)6)12-15(19)14-11-13(20-7)9-10-16(14)21-8/h9-11,15,19H,12H2,1-8H3/t15-/m1/s1. The molecule has 0 amide bonds. The van der Waals surface area contributed by atoms with Gasteiger partial charge < -0.3 is 14.6 Å². The summed E-state index contributed by atoms with van der Waals surface area (Å²) in [4.78, 5) is 0. The van der Waals surface area contributed by atoms with Crippen LogP contribution in [0.25, 0.3) is 0 Å². The second kappa shape index (κ2) is 7.19. The smallest absolute Gasteiger partial charge is 0.124 e. The third-order valence-corrected chi connectivity index (χ3v) is 7.72. The van der Waals surface area contributed by atoms with Gasteiger partial charge in [-0.15, -0.1) is 0 Å². The first-order valence-corrected chi connectivity index (χ1v) is 9.21. The highest BCUT2D eigenvalue weighted by Gasteiger charge is 2.36. The Morgan fingerprint density at radius 1 is 1.00 bits per heavy atom. The number of ether oxygens (including phenoxy) is 2. The normalized spacial score (nSPS) is 14.1. The Morgan fingerprint density at radius 3 is 1.95 bits per heavy atom. The lowest BCUT2D eigenvalue weighted by molar-refractivity contribution is 0.196. The molecule has 0 aliphatic heterocycles. The molecular formula is C18H31O3P. The Morgan fingerprint density at radius 2 is 1.55 bits per heavy atom. The van der Waals surface area contributed by atoms with Gasteiger partial charge in [0, 0.05) is 5.56 Å². The summed E-state index contributed by atoms with van der Waals surface area (Å²) in [7, 11) is 2.88. The predicted molar refractivity (Wildman–Crippen MR) is 95.8 cm³/mol. The fourth-order valence-electron chi connectivity index (χ4n) is 2.93. The lowest BCUT2D eigenvalue weighted by atomic mass is 10.1. The molecule has 1 rings (SSSR count). The van der Waals surface area contributed by atoms with Gasteiger partial charge in [0.1, 0.15) is 11.5 Å². The first-order valence-electron chi connectivity index (χ1n) is 7.68. The van der Waals surface area contributed by atoms with Gasteiger partial charge in [-0.05, 0) is 34.7 Å². The second-order valence-corrected chi connectivity index (χ2v) is 11.5. The van der Waals surface area contributed by atoms with Crippen LogP contribution in [0.3, 0.4) is 0 Å². The van der Waals surface area contributed by atoms with Crippen LogP contribution in [0, 0.1) is 0 Å². The van der Waals surface area contributed by atoms with E-state index in [1.807, 2.05) is 18.2 Å². The van der Waals surface area contributed by atoms with Gasteiger partial charge in [-0.25, -0.2) is 0 Å². The fourth-order valence-corrected chi connectivity index (χ4v) is 6.58. The molecule has 0 radical (unpaired) electrons. The van der Waals surface area contributed by atoms with Gasteiger partial charge >= 0.3 is 0 Å². The zero-order valence-corrected chi connectivity index (χ0v) is 16.1. The quantitative estimate of drug-likeness (QED) is 0.789. The molecule has 1 aromatic rings. The van der Waals surface area contributed by atoms with E-state index in [2.05, 4.69) is 41.5 Å². The zero-order valence-electron chi connectivity index (χ0n) is 15.2. The van der Waals surface area contributed by atoms with Crippen molar-refractivity contribution in [3.05, 3.63) is 23.8 Å². The molecule has 0 unspecified atom stereocenters. The topological polar surface area (TPSA) is 38.7 Å². The SMILES string of the molecule is COc1ccc(OC)c([C@H](O)CP(C(C)(C)C)C(C)(C)C)c1. The summed E-state index contributed by atoms with van der Waals surface area (Å²) in [6, 6.07) is 5.58. The molecule has 0 spiro atoms. The van der Waals surface area contributed by atoms with E-state index >= 15 is 0 Å². The predicted octanol–water partition coefficient (Wildman–Crippen LogP) is 4.82. The van der Waals surface area contributed by atoms with Crippen molar-refractivity contribution in [1.29, 1.82) is 0 Å². The van der Waals surface area contributed by atoms with Crippen LogP contribution in [0.15, 0.2) is 18.2 Å². The number of benzene rings is 1. The van der Waals surface area contributed by atoms with Crippen molar-refractivity contribution in [2.75, 3.05) is 20.4 Å². The largest absolute Gasteiger partial charge is 0.497 e. The van der Waals surface area contributed by atoms with Crippen LogP contribution in [0.5, 0.6) is 11.5 Å². The molecule has 0 saturated heterocycles. The highest BCUT2D eigenvalue weighted by Crippen LogP contribution is 2.60. The highest BCUT2D eigenvalue weighted by molar-refractivity contribution is 7.60. The number of aliphatic hydroxyl groups is 1. The minimum atomic E-state index is -0.547. The van der Waals surface area contributed by atoms with Crippen LogP contribution in [0.1, 0.15) is 53.2 Å². The summed E-state index contributed by atoms with van der Waals surface area (Å²) < 4.78 is 10.7. The summed E-state index contributed by atoms with van der Waals surface area (Å²) in [5.41, 5.74) is 0.808. The Labute approximate surface area is 136 Å². The van der Waals surface area contributed by atoms with E-state index in [4.69, 9.17) is 9.47 Å². The Hall–Kier alpha value is -0.790. The number of hydrogen-bond donors (Lipinski definition) is 1. The van der Waals surface area contributed by atoms with E-state index < -0.39 is 6.10 Å². The molecule has 0 fully saturated rings. The molecule has 22 heavy (non-hydrogen) atoms. The number of hydrogen-bond acceptors (Lipinski definition) is 3. The molecule has 0 bridgehead atoms. The molecule has 0 saturated carbocycles. The van der Waals surface area contributed by atoms with Crippen molar-refractivity contribution in [3.8, 4) is 11.5 Å². The Balaban J connectivity index is 3.12. The van der Waals surface area contributed by atoms with Gasteiger partial charge in [-0.3, -0.25) is 0 Å². The Kier molecular flexibility index (Phi) is 6.29. The minimum absolute atomic E-state index is 0.181. The maximum atomic E-state index is 10.8. The summed E-state index contributed by atoms with van der Waals surface area (Å²) in [6.45, 7) is 13.6. The van der Waals surface area contributed by atoms with E-state index in [1.165, 1.54) is 0 Å². The van der Waals surface area contributed by atoms with Crippen molar-refractivity contribution < 1.29 is 14.6 Å². The van der Waals surface area contributed by atoms with Crippen LogP contribution in [-0.2, 0) is 0 Å². The van der Waals surface area contributed by atoms with Gasteiger partial charge in [-0.1, -0.05) is 49.5 Å².